The number of aliphatic hydroxyl groups excluding tert-OH is 1. The fourth-order valence-corrected chi connectivity index (χ4v) is 5.56. The molecular weight excluding hydrogens is 476 g/mol. The van der Waals surface area contributed by atoms with Crippen molar-refractivity contribution >= 4 is 5.97 Å². The number of benzene rings is 1. The minimum absolute atomic E-state index is 0.149. The first kappa shape index (κ1) is 29.7. The van der Waals surface area contributed by atoms with E-state index in [0.717, 1.165) is 24.8 Å². The van der Waals surface area contributed by atoms with Gasteiger partial charge < -0.3 is 33.9 Å². The molecule has 2 aliphatic heterocycles. The van der Waals surface area contributed by atoms with Crippen LogP contribution >= 0.6 is 0 Å². The first-order valence-corrected chi connectivity index (χ1v) is 13.3. The van der Waals surface area contributed by atoms with Crippen LogP contribution in [0.4, 0.5) is 0 Å². The van der Waals surface area contributed by atoms with Gasteiger partial charge in [-0.25, -0.2) is 0 Å². The second-order valence-corrected chi connectivity index (χ2v) is 10.4. The third-order valence-electron chi connectivity index (χ3n) is 8.03. The molecule has 208 valence electrons. The molecule has 8 heteroatoms. The number of rotatable bonds is 4. The van der Waals surface area contributed by atoms with Gasteiger partial charge in [-0.2, -0.15) is 0 Å². The number of cyclic esters (lactones) is 1. The highest BCUT2D eigenvalue weighted by atomic mass is 16.7. The molecule has 8 nitrogen and oxygen atoms in total. The standard InChI is InChI=1S/C29H44O8/c1-18-16-17-24(34-5)23(33-4)15-11-10-14-22(21-12-8-7-9-13-21)36-28(31)20(3)29(32)27(35-6)25(30)19(2)26(18)37-29/h7-9,12-13,16-20,22-27,30,32H,10-11,14-15H2,1-6H3/b17-16+/t18-,19-,20+,22?,23-,24+,25-,26-,27+,29-/m0/s1. The molecule has 10 atom stereocenters. The maximum Gasteiger partial charge on any atom is 0.314 e. The SMILES string of the molecule is CO[C@H]1CCCCC(c2ccccc2)OC(=O)[C@@H](C)[C@]2(O)O[C@H]([C@@H](C)[C@H](O)[C@H]2OC)[C@@H](C)/C=C/[C@H]1OC. The van der Waals surface area contributed by atoms with E-state index in [-0.39, 0.29) is 24.0 Å². The fourth-order valence-electron chi connectivity index (χ4n) is 5.56. The Labute approximate surface area is 220 Å². The lowest BCUT2D eigenvalue weighted by molar-refractivity contribution is -0.360. The predicted octanol–water partition coefficient (Wildman–Crippen LogP) is 3.80. The molecule has 0 saturated carbocycles. The van der Waals surface area contributed by atoms with Crippen LogP contribution in [0.5, 0.6) is 0 Å². The van der Waals surface area contributed by atoms with Crippen LogP contribution in [0, 0.1) is 17.8 Å². The van der Waals surface area contributed by atoms with Gasteiger partial charge in [-0.1, -0.05) is 62.8 Å². The summed E-state index contributed by atoms with van der Waals surface area (Å²) in [5.74, 6) is -4.38. The van der Waals surface area contributed by atoms with Gasteiger partial charge in [-0.15, -0.1) is 0 Å². The Morgan fingerprint density at radius 2 is 1.62 bits per heavy atom. The number of carbonyl (C=O) groups is 1. The number of carbonyl (C=O) groups excluding carboxylic acids is 1. The maximum atomic E-state index is 13.5. The van der Waals surface area contributed by atoms with Gasteiger partial charge in [0.1, 0.15) is 24.2 Å². The Kier molecular flexibility index (Phi) is 10.7. The topological polar surface area (TPSA) is 104 Å². The quantitative estimate of drug-likeness (QED) is 0.456. The minimum Gasteiger partial charge on any atom is -0.457 e. The summed E-state index contributed by atoms with van der Waals surface area (Å²) in [6, 6.07) is 9.58. The molecule has 0 radical (unpaired) electrons. The van der Waals surface area contributed by atoms with Gasteiger partial charge in [0.05, 0.1) is 18.3 Å². The third kappa shape index (κ3) is 6.61. The van der Waals surface area contributed by atoms with E-state index in [1.54, 1.807) is 21.1 Å². The van der Waals surface area contributed by atoms with Crippen molar-refractivity contribution in [1.82, 2.24) is 0 Å². The summed E-state index contributed by atoms with van der Waals surface area (Å²) in [7, 11) is 4.72. The highest BCUT2D eigenvalue weighted by molar-refractivity contribution is 5.73. The van der Waals surface area contributed by atoms with Gasteiger partial charge >= 0.3 is 5.97 Å². The zero-order valence-electron chi connectivity index (χ0n) is 22.9. The first-order valence-electron chi connectivity index (χ1n) is 13.3. The number of aliphatic hydroxyl groups is 2. The van der Waals surface area contributed by atoms with Crippen LogP contribution in [0.25, 0.3) is 0 Å². The molecule has 3 rings (SSSR count). The summed E-state index contributed by atoms with van der Waals surface area (Å²) in [4.78, 5) is 13.5. The summed E-state index contributed by atoms with van der Waals surface area (Å²) in [5, 5.41) is 22.9. The van der Waals surface area contributed by atoms with Crippen molar-refractivity contribution in [2.24, 2.45) is 17.8 Å². The number of ether oxygens (including phenoxy) is 5. The van der Waals surface area contributed by atoms with E-state index >= 15 is 0 Å². The molecule has 2 aliphatic rings. The average molecular weight is 521 g/mol. The Balaban J connectivity index is 2.01. The monoisotopic (exact) mass is 520 g/mol. The van der Waals surface area contributed by atoms with E-state index in [2.05, 4.69) is 0 Å². The highest BCUT2D eigenvalue weighted by Crippen LogP contribution is 2.42. The van der Waals surface area contributed by atoms with E-state index in [4.69, 9.17) is 23.7 Å². The van der Waals surface area contributed by atoms with Gasteiger partial charge in [-0.3, -0.25) is 4.79 Å². The second kappa shape index (κ2) is 13.3. The number of fused-ring (bicyclic) bond motifs is 2. The van der Waals surface area contributed by atoms with E-state index < -0.39 is 42.1 Å². The molecule has 0 amide bonds. The molecule has 2 bridgehead atoms. The first-order chi connectivity index (χ1) is 17.7. The van der Waals surface area contributed by atoms with Crippen molar-refractivity contribution in [3.8, 4) is 0 Å². The Morgan fingerprint density at radius 3 is 2.24 bits per heavy atom. The molecule has 1 aromatic carbocycles. The van der Waals surface area contributed by atoms with Crippen LogP contribution in [0.1, 0.15) is 58.1 Å². The van der Waals surface area contributed by atoms with Crippen molar-refractivity contribution in [2.75, 3.05) is 21.3 Å². The Hall–Kier alpha value is -1.81. The van der Waals surface area contributed by atoms with Gasteiger partial charge in [0.15, 0.2) is 0 Å². The van der Waals surface area contributed by atoms with E-state index in [1.807, 2.05) is 56.3 Å². The maximum absolute atomic E-state index is 13.5. The van der Waals surface area contributed by atoms with Crippen molar-refractivity contribution in [2.45, 2.75) is 88.9 Å². The lowest BCUT2D eigenvalue weighted by atomic mass is 9.78. The van der Waals surface area contributed by atoms with Crippen LogP contribution < -0.4 is 0 Å². The lowest BCUT2D eigenvalue weighted by Gasteiger charge is -2.51. The molecule has 2 heterocycles. The van der Waals surface area contributed by atoms with E-state index in [0.29, 0.717) is 6.42 Å². The van der Waals surface area contributed by atoms with Crippen LogP contribution in [0.2, 0.25) is 0 Å². The van der Waals surface area contributed by atoms with E-state index in [9.17, 15) is 15.0 Å². The molecule has 0 aliphatic carbocycles. The molecule has 1 saturated heterocycles. The summed E-state index contributed by atoms with van der Waals surface area (Å²) in [5.41, 5.74) is 0.880. The number of hydrogen-bond acceptors (Lipinski definition) is 8. The Morgan fingerprint density at radius 1 is 0.946 bits per heavy atom. The summed E-state index contributed by atoms with van der Waals surface area (Å²) < 4.78 is 29.3. The van der Waals surface area contributed by atoms with Gasteiger partial charge in [0.2, 0.25) is 5.79 Å². The lowest BCUT2D eigenvalue weighted by Crippen LogP contribution is -2.66. The zero-order chi connectivity index (χ0) is 27.2. The molecular formula is C29H44O8. The molecule has 1 unspecified atom stereocenters. The fraction of sp³-hybridized carbons (Fsp3) is 0.690. The van der Waals surface area contributed by atoms with Gasteiger partial charge in [-0.05, 0) is 31.7 Å². The second-order valence-electron chi connectivity index (χ2n) is 10.4. The largest absolute Gasteiger partial charge is 0.457 e. The van der Waals surface area contributed by atoms with Crippen LogP contribution in [0.3, 0.4) is 0 Å². The van der Waals surface area contributed by atoms with Crippen molar-refractivity contribution in [3.05, 3.63) is 48.0 Å². The number of esters is 1. The van der Waals surface area contributed by atoms with Gasteiger partial charge in [0.25, 0.3) is 0 Å². The number of hydrogen-bond donors (Lipinski definition) is 2. The molecule has 0 aromatic heterocycles. The predicted molar refractivity (Wildman–Crippen MR) is 139 cm³/mol. The summed E-state index contributed by atoms with van der Waals surface area (Å²) in [6.07, 6.45) is 3.29. The average Bonchev–Trinajstić information content (AvgIpc) is 2.90. The number of methoxy groups -OCH3 is 3. The normalized spacial score (nSPS) is 41.1. The highest BCUT2D eigenvalue weighted by Gasteiger charge is 2.58. The van der Waals surface area contributed by atoms with Crippen LogP contribution in [-0.4, -0.2) is 73.8 Å². The Bertz CT molecular complexity index is 876. The molecule has 2 N–H and O–H groups in total. The third-order valence-corrected chi connectivity index (χ3v) is 8.03. The summed E-state index contributed by atoms with van der Waals surface area (Å²) in [6.45, 7) is 5.36. The molecule has 1 fully saturated rings. The van der Waals surface area contributed by atoms with Crippen molar-refractivity contribution in [3.63, 3.8) is 0 Å². The molecule has 1 aromatic rings. The minimum atomic E-state index is -2.08. The van der Waals surface area contributed by atoms with Crippen molar-refractivity contribution in [1.29, 1.82) is 0 Å². The van der Waals surface area contributed by atoms with Crippen LogP contribution in [0.15, 0.2) is 42.5 Å². The molecule has 37 heavy (non-hydrogen) atoms. The van der Waals surface area contributed by atoms with E-state index in [1.165, 1.54) is 7.11 Å². The molecule has 0 spiro atoms. The zero-order valence-corrected chi connectivity index (χ0v) is 22.9. The van der Waals surface area contributed by atoms with Gasteiger partial charge in [0, 0.05) is 33.2 Å². The van der Waals surface area contributed by atoms with Crippen molar-refractivity contribution < 1.29 is 38.7 Å². The smallest absolute Gasteiger partial charge is 0.314 e. The summed E-state index contributed by atoms with van der Waals surface area (Å²) >= 11 is 0. The van der Waals surface area contributed by atoms with Crippen LogP contribution in [-0.2, 0) is 28.5 Å².